The van der Waals surface area contributed by atoms with Crippen LogP contribution in [0.3, 0.4) is 0 Å². The zero-order valence-corrected chi connectivity index (χ0v) is 10.7. The predicted molar refractivity (Wildman–Crippen MR) is 63.8 cm³/mol. The van der Waals surface area contributed by atoms with E-state index in [1.165, 1.54) is 6.26 Å². The van der Waals surface area contributed by atoms with Crippen LogP contribution in [-0.4, -0.2) is 0 Å². The lowest BCUT2D eigenvalue weighted by atomic mass is 10.0. The van der Waals surface area contributed by atoms with Crippen molar-refractivity contribution in [2.24, 2.45) is 5.73 Å². The molecule has 1 aromatic carbocycles. The van der Waals surface area contributed by atoms with Gasteiger partial charge in [0.1, 0.15) is 17.4 Å². The molecule has 1 unspecified atom stereocenters. The summed E-state index contributed by atoms with van der Waals surface area (Å²) in [7, 11) is 0. The maximum absolute atomic E-state index is 13.6. The first-order valence-corrected chi connectivity index (χ1v) is 5.80. The van der Waals surface area contributed by atoms with Crippen LogP contribution in [-0.2, 0) is 0 Å². The molecule has 1 aromatic heterocycles. The topological polar surface area (TPSA) is 39.2 Å². The SMILES string of the molecule is NC(c1cc(F)c(Cl)cc1F)c1occc1Br. The first kappa shape index (κ1) is 12.5. The Hall–Kier alpha value is -0.910. The fourth-order valence-electron chi connectivity index (χ4n) is 1.44. The zero-order chi connectivity index (χ0) is 12.6. The number of rotatable bonds is 2. The molecule has 2 rings (SSSR count). The molecule has 0 bridgehead atoms. The predicted octanol–water partition coefficient (Wildman–Crippen LogP) is 4.02. The van der Waals surface area contributed by atoms with E-state index in [0.717, 1.165) is 12.1 Å². The molecule has 0 saturated carbocycles. The summed E-state index contributed by atoms with van der Waals surface area (Å²) in [4.78, 5) is 0. The van der Waals surface area contributed by atoms with Crippen LogP contribution >= 0.6 is 27.5 Å². The molecule has 0 radical (unpaired) electrons. The Bertz CT molecular complexity index is 558. The van der Waals surface area contributed by atoms with Gasteiger partial charge < -0.3 is 10.2 Å². The zero-order valence-electron chi connectivity index (χ0n) is 8.38. The monoisotopic (exact) mass is 321 g/mol. The summed E-state index contributed by atoms with van der Waals surface area (Å²) < 4.78 is 32.6. The highest BCUT2D eigenvalue weighted by atomic mass is 79.9. The highest BCUT2D eigenvalue weighted by molar-refractivity contribution is 9.10. The summed E-state index contributed by atoms with van der Waals surface area (Å²) in [6, 6.07) is 2.59. The molecule has 1 heterocycles. The third kappa shape index (κ3) is 2.36. The molecule has 1 atom stereocenters. The molecule has 90 valence electrons. The van der Waals surface area contributed by atoms with Crippen molar-refractivity contribution in [2.75, 3.05) is 0 Å². The van der Waals surface area contributed by atoms with E-state index >= 15 is 0 Å². The van der Waals surface area contributed by atoms with Crippen LogP contribution in [0.1, 0.15) is 17.4 Å². The van der Waals surface area contributed by atoms with E-state index in [9.17, 15) is 8.78 Å². The fourth-order valence-corrected chi connectivity index (χ4v) is 2.04. The highest BCUT2D eigenvalue weighted by Crippen LogP contribution is 2.31. The molecule has 2 aromatic rings. The van der Waals surface area contributed by atoms with Crippen LogP contribution in [0.25, 0.3) is 0 Å². The van der Waals surface area contributed by atoms with Crippen LogP contribution in [0.4, 0.5) is 8.78 Å². The Kier molecular flexibility index (Phi) is 3.51. The van der Waals surface area contributed by atoms with Crippen molar-refractivity contribution >= 4 is 27.5 Å². The normalized spacial score (nSPS) is 12.8. The van der Waals surface area contributed by atoms with Gasteiger partial charge in [0.25, 0.3) is 0 Å². The molecule has 17 heavy (non-hydrogen) atoms. The van der Waals surface area contributed by atoms with Gasteiger partial charge in [-0.2, -0.15) is 0 Å². The van der Waals surface area contributed by atoms with E-state index < -0.39 is 17.7 Å². The van der Waals surface area contributed by atoms with Crippen molar-refractivity contribution in [3.63, 3.8) is 0 Å². The van der Waals surface area contributed by atoms with Gasteiger partial charge >= 0.3 is 0 Å². The Morgan fingerprint density at radius 3 is 2.59 bits per heavy atom. The van der Waals surface area contributed by atoms with Crippen LogP contribution < -0.4 is 5.73 Å². The van der Waals surface area contributed by atoms with Gasteiger partial charge in [-0.3, -0.25) is 0 Å². The minimum atomic E-state index is -0.897. The summed E-state index contributed by atoms with van der Waals surface area (Å²) in [6.07, 6.45) is 1.41. The van der Waals surface area contributed by atoms with E-state index in [0.29, 0.717) is 10.2 Å². The van der Waals surface area contributed by atoms with E-state index in [2.05, 4.69) is 15.9 Å². The van der Waals surface area contributed by atoms with Gasteiger partial charge in [0, 0.05) is 5.56 Å². The van der Waals surface area contributed by atoms with E-state index in [4.69, 9.17) is 21.8 Å². The average Bonchev–Trinajstić information content (AvgIpc) is 2.69. The minimum absolute atomic E-state index is 0.0115. The summed E-state index contributed by atoms with van der Waals surface area (Å²) >= 11 is 8.66. The molecular weight excluding hydrogens is 315 g/mol. The van der Waals surface area contributed by atoms with E-state index in [1.54, 1.807) is 6.07 Å². The second-order valence-corrected chi connectivity index (χ2v) is 4.66. The number of halogens is 4. The number of furan rings is 1. The largest absolute Gasteiger partial charge is 0.466 e. The molecule has 0 aliphatic rings. The molecule has 0 amide bonds. The lowest BCUT2D eigenvalue weighted by Gasteiger charge is -2.11. The number of nitrogens with two attached hydrogens (primary N) is 1. The van der Waals surface area contributed by atoms with Gasteiger partial charge in [0.05, 0.1) is 21.8 Å². The van der Waals surface area contributed by atoms with Crippen molar-refractivity contribution in [3.05, 3.63) is 56.9 Å². The van der Waals surface area contributed by atoms with Gasteiger partial charge in [0.2, 0.25) is 0 Å². The molecule has 2 N–H and O–H groups in total. The molecular formula is C11H7BrClF2NO. The Labute approximate surface area is 109 Å². The molecule has 0 aliphatic heterocycles. The molecule has 0 saturated heterocycles. The number of benzene rings is 1. The number of hydrogen-bond acceptors (Lipinski definition) is 2. The standard InChI is InChI=1S/C11H7BrClF2NO/c12-6-1-2-17-11(6)10(16)5-3-9(15)7(13)4-8(5)14/h1-4,10H,16H2. The van der Waals surface area contributed by atoms with E-state index in [-0.39, 0.29) is 10.6 Å². The van der Waals surface area contributed by atoms with E-state index in [1.807, 2.05) is 0 Å². The van der Waals surface area contributed by atoms with Crippen LogP contribution in [0.15, 0.2) is 33.4 Å². The molecule has 0 spiro atoms. The lowest BCUT2D eigenvalue weighted by Crippen LogP contribution is -2.13. The van der Waals surface area contributed by atoms with Crippen LogP contribution in [0.2, 0.25) is 5.02 Å². The maximum atomic E-state index is 13.6. The molecule has 0 fully saturated rings. The second-order valence-electron chi connectivity index (χ2n) is 3.40. The molecule has 2 nitrogen and oxygen atoms in total. The van der Waals surface area contributed by atoms with Gasteiger partial charge in [-0.05, 0) is 34.1 Å². The summed E-state index contributed by atoms with van der Waals surface area (Å²) in [6.45, 7) is 0. The van der Waals surface area contributed by atoms with Crippen LogP contribution in [0.5, 0.6) is 0 Å². The van der Waals surface area contributed by atoms with Crippen molar-refractivity contribution < 1.29 is 13.2 Å². The third-order valence-electron chi connectivity index (χ3n) is 2.30. The van der Waals surface area contributed by atoms with Gasteiger partial charge in [-0.25, -0.2) is 8.78 Å². The van der Waals surface area contributed by atoms with Gasteiger partial charge in [-0.15, -0.1) is 0 Å². The summed E-state index contributed by atoms with van der Waals surface area (Å²) in [5.74, 6) is -1.07. The maximum Gasteiger partial charge on any atom is 0.142 e. The summed E-state index contributed by atoms with van der Waals surface area (Å²) in [5, 5.41) is -0.281. The van der Waals surface area contributed by atoms with Crippen molar-refractivity contribution in [3.8, 4) is 0 Å². The fraction of sp³-hybridized carbons (Fsp3) is 0.0909. The first-order valence-electron chi connectivity index (χ1n) is 4.63. The minimum Gasteiger partial charge on any atom is -0.466 e. The summed E-state index contributed by atoms with van der Waals surface area (Å²) in [5.41, 5.74) is 5.80. The van der Waals surface area contributed by atoms with Crippen molar-refractivity contribution in [1.29, 1.82) is 0 Å². The second kappa shape index (κ2) is 4.76. The third-order valence-corrected chi connectivity index (χ3v) is 3.25. The Balaban J connectivity index is 2.48. The Morgan fingerprint density at radius 1 is 1.29 bits per heavy atom. The van der Waals surface area contributed by atoms with Crippen molar-refractivity contribution in [2.45, 2.75) is 6.04 Å². The quantitative estimate of drug-likeness (QED) is 0.848. The van der Waals surface area contributed by atoms with Gasteiger partial charge in [0.15, 0.2) is 0 Å². The average molecular weight is 323 g/mol. The number of hydrogen-bond donors (Lipinski definition) is 1. The van der Waals surface area contributed by atoms with Crippen LogP contribution in [0, 0.1) is 11.6 Å². The van der Waals surface area contributed by atoms with Gasteiger partial charge in [-0.1, -0.05) is 11.6 Å². The Morgan fingerprint density at radius 2 is 2.00 bits per heavy atom. The molecule has 0 aliphatic carbocycles. The lowest BCUT2D eigenvalue weighted by molar-refractivity contribution is 0.476. The smallest absolute Gasteiger partial charge is 0.142 e. The first-order chi connectivity index (χ1) is 8.00. The highest BCUT2D eigenvalue weighted by Gasteiger charge is 2.21. The molecule has 6 heteroatoms. The van der Waals surface area contributed by atoms with Crippen molar-refractivity contribution in [1.82, 2.24) is 0 Å².